The maximum absolute atomic E-state index is 12.7. The number of amides is 1. The van der Waals surface area contributed by atoms with Crippen LogP contribution in [0.3, 0.4) is 0 Å². The summed E-state index contributed by atoms with van der Waals surface area (Å²) in [5.41, 5.74) is 2.32. The molecule has 0 atom stereocenters. The van der Waals surface area contributed by atoms with Crippen molar-refractivity contribution in [2.45, 2.75) is 13.5 Å². The van der Waals surface area contributed by atoms with E-state index in [1.54, 1.807) is 30.3 Å². The zero-order chi connectivity index (χ0) is 19.7. The summed E-state index contributed by atoms with van der Waals surface area (Å²) in [7, 11) is 0. The molecule has 2 aromatic heterocycles. The third kappa shape index (κ3) is 3.49. The lowest BCUT2D eigenvalue weighted by atomic mass is 10.2. The number of aryl methyl sites for hydroxylation is 1. The number of carbonyl (C=O) groups is 1. The number of hydrogen-bond acceptors (Lipinski definition) is 5. The van der Waals surface area contributed by atoms with Crippen molar-refractivity contribution in [1.82, 2.24) is 24.5 Å². The molecule has 0 spiro atoms. The highest BCUT2D eigenvalue weighted by atomic mass is 35.5. The van der Waals surface area contributed by atoms with E-state index in [0.29, 0.717) is 22.0 Å². The van der Waals surface area contributed by atoms with Crippen LogP contribution >= 0.6 is 11.6 Å². The first-order valence-electron chi connectivity index (χ1n) is 8.44. The Morgan fingerprint density at radius 2 is 1.96 bits per heavy atom. The minimum absolute atomic E-state index is 0.0841. The molecule has 1 amide bonds. The molecule has 0 bridgehead atoms. The second-order valence-electron chi connectivity index (χ2n) is 6.25. The molecule has 2 aromatic carbocycles. The lowest BCUT2D eigenvalue weighted by Gasteiger charge is -2.08. The Bertz CT molecular complexity index is 1230. The van der Waals surface area contributed by atoms with Crippen molar-refractivity contribution in [2.75, 3.05) is 5.32 Å². The Balaban J connectivity index is 1.61. The molecule has 0 aliphatic heterocycles. The maximum Gasteiger partial charge on any atom is 0.284 e. The number of aromatic nitrogens is 5. The number of carbonyl (C=O) groups excluding carboxylic acids is 1. The Kier molecular flexibility index (Phi) is 4.62. The van der Waals surface area contributed by atoms with Crippen LogP contribution in [0, 0.1) is 6.92 Å². The fourth-order valence-electron chi connectivity index (χ4n) is 2.79. The van der Waals surface area contributed by atoms with Crippen LogP contribution in [0.15, 0.2) is 59.7 Å². The van der Waals surface area contributed by atoms with Crippen LogP contribution < -0.4 is 10.9 Å². The van der Waals surface area contributed by atoms with Crippen molar-refractivity contribution in [1.29, 1.82) is 0 Å². The van der Waals surface area contributed by atoms with Crippen molar-refractivity contribution in [2.24, 2.45) is 0 Å². The van der Waals surface area contributed by atoms with Gasteiger partial charge < -0.3 is 5.32 Å². The van der Waals surface area contributed by atoms with Gasteiger partial charge in [0.15, 0.2) is 11.2 Å². The first-order valence-corrected chi connectivity index (χ1v) is 8.82. The number of nitrogens with one attached hydrogen (secondary N) is 1. The first kappa shape index (κ1) is 17.9. The average molecular weight is 395 g/mol. The number of halogens is 1. The molecule has 28 heavy (non-hydrogen) atoms. The van der Waals surface area contributed by atoms with Crippen LogP contribution in [-0.2, 0) is 11.3 Å². The van der Waals surface area contributed by atoms with E-state index in [-0.39, 0.29) is 18.0 Å². The molecule has 0 aliphatic rings. The number of anilines is 1. The Hall–Kier alpha value is -3.52. The highest BCUT2D eigenvalue weighted by molar-refractivity contribution is 6.30. The van der Waals surface area contributed by atoms with E-state index in [9.17, 15) is 9.59 Å². The Morgan fingerprint density at radius 1 is 1.18 bits per heavy atom. The molecular formula is C19H15ClN6O2. The zero-order valence-electron chi connectivity index (χ0n) is 14.8. The molecule has 9 heteroatoms. The van der Waals surface area contributed by atoms with Crippen LogP contribution in [0.1, 0.15) is 5.56 Å². The number of benzene rings is 2. The van der Waals surface area contributed by atoms with Crippen molar-refractivity contribution >= 4 is 34.4 Å². The zero-order valence-corrected chi connectivity index (χ0v) is 15.6. The predicted molar refractivity (Wildman–Crippen MR) is 106 cm³/mol. The van der Waals surface area contributed by atoms with Gasteiger partial charge in [0.25, 0.3) is 5.56 Å². The highest BCUT2D eigenvalue weighted by Gasteiger charge is 2.15. The summed E-state index contributed by atoms with van der Waals surface area (Å²) in [5, 5.41) is 11.3. The molecule has 0 fully saturated rings. The normalized spacial score (nSPS) is 10.9. The Morgan fingerprint density at radius 3 is 2.71 bits per heavy atom. The van der Waals surface area contributed by atoms with Crippen LogP contribution in [0.25, 0.3) is 16.9 Å². The average Bonchev–Trinajstić information content (AvgIpc) is 3.09. The van der Waals surface area contributed by atoms with Gasteiger partial charge in [-0.15, -0.1) is 5.10 Å². The molecule has 0 unspecified atom stereocenters. The summed E-state index contributed by atoms with van der Waals surface area (Å²) in [6.07, 6.45) is 1.32. The molecule has 4 rings (SSSR count). The summed E-state index contributed by atoms with van der Waals surface area (Å²) >= 11 is 5.90. The fourth-order valence-corrected chi connectivity index (χ4v) is 2.92. The van der Waals surface area contributed by atoms with E-state index in [2.05, 4.69) is 20.6 Å². The SMILES string of the molecule is Cc1cccc(NC(=O)Cn2cnc3c(nnn3-c3ccc(Cl)cc3)c2=O)c1. The molecule has 1 N–H and O–H groups in total. The van der Waals surface area contributed by atoms with Gasteiger partial charge in [-0.1, -0.05) is 28.9 Å². The van der Waals surface area contributed by atoms with Crippen molar-refractivity contribution in [3.05, 3.63) is 75.8 Å². The summed E-state index contributed by atoms with van der Waals surface area (Å²) in [6, 6.07) is 14.3. The molecular weight excluding hydrogens is 380 g/mol. The lowest BCUT2D eigenvalue weighted by molar-refractivity contribution is -0.116. The maximum atomic E-state index is 12.7. The topological polar surface area (TPSA) is 94.7 Å². The molecule has 0 saturated carbocycles. The standard InChI is InChI=1S/C19H15ClN6O2/c1-12-3-2-4-14(9-12)22-16(27)10-25-11-21-18-17(19(25)28)23-24-26(18)15-7-5-13(20)6-8-15/h2-9,11H,10H2,1H3,(H,22,27). The predicted octanol–water partition coefficient (Wildman–Crippen LogP) is 2.58. The Labute approximate surface area is 164 Å². The van der Waals surface area contributed by atoms with E-state index in [1.807, 2.05) is 25.1 Å². The quantitative estimate of drug-likeness (QED) is 0.574. The van der Waals surface area contributed by atoms with E-state index in [1.165, 1.54) is 15.6 Å². The monoisotopic (exact) mass is 394 g/mol. The van der Waals surface area contributed by atoms with Crippen LogP contribution in [0.4, 0.5) is 5.69 Å². The highest BCUT2D eigenvalue weighted by Crippen LogP contribution is 2.15. The van der Waals surface area contributed by atoms with Gasteiger partial charge in [-0.05, 0) is 48.9 Å². The van der Waals surface area contributed by atoms with Crippen molar-refractivity contribution in [3.63, 3.8) is 0 Å². The first-order chi connectivity index (χ1) is 13.5. The van der Waals surface area contributed by atoms with Gasteiger partial charge >= 0.3 is 0 Å². The van der Waals surface area contributed by atoms with Crippen molar-refractivity contribution < 1.29 is 4.79 Å². The lowest BCUT2D eigenvalue weighted by Crippen LogP contribution is -2.28. The summed E-state index contributed by atoms with van der Waals surface area (Å²) in [5.74, 6) is -0.334. The minimum atomic E-state index is -0.440. The van der Waals surface area contributed by atoms with Gasteiger partial charge in [-0.2, -0.15) is 4.68 Å². The molecule has 2 heterocycles. The number of fused-ring (bicyclic) bond motifs is 1. The van der Waals surface area contributed by atoms with Gasteiger partial charge in [-0.25, -0.2) is 4.98 Å². The third-order valence-corrected chi connectivity index (χ3v) is 4.37. The van der Waals surface area contributed by atoms with E-state index >= 15 is 0 Å². The molecule has 0 radical (unpaired) electrons. The smallest absolute Gasteiger partial charge is 0.284 e. The van der Waals surface area contributed by atoms with Crippen molar-refractivity contribution in [3.8, 4) is 5.69 Å². The third-order valence-electron chi connectivity index (χ3n) is 4.12. The second-order valence-corrected chi connectivity index (χ2v) is 6.68. The van der Waals surface area contributed by atoms with E-state index in [4.69, 9.17) is 11.6 Å². The minimum Gasteiger partial charge on any atom is -0.325 e. The molecule has 0 saturated heterocycles. The van der Waals surface area contributed by atoms with Gasteiger partial charge in [0.05, 0.1) is 5.69 Å². The molecule has 140 valence electrons. The van der Waals surface area contributed by atoms with Gasteiger partial charge in [0.1, 0.15) is 12.9 Å². The molecule has 8 nitrogen and oxygen atoms in total. The van der Waals surface area contributed by atoms with E-state index < -0.39 is 5.56 Å². The molecule has 4 aromatic rings. The fraction of sp³-hybridized carbons (Fsp3) is 0.105. The van der Waals surface area contributed by atoms with Crippen LogP contribution in [0.2, 0.25) is 5.02 Å². The molecule has 0 aliphatic carbocycles. The van der Waals surface area contributed by atoms with Gasteiger partial charge in [-0.3, -0.25) is 14.2 Å². The largest absolute Gasteiger partial charge is 0.325 e. The number of nitrogens with zero attached hydrogens (tertiary/aromatic N) is 5. The van der Waals surface area contributed by atoms with Crippen LogP contribution in [0.5, 0.6) is 0 Å². The summed E-state index contributed by atoms with van der Waals surface area (Å²) < 4.78 is 2.65. The summed E-state index contributed by atoms with van der Waals surface area (Å²) in [6.45, 7) is 1.76. The van der Waals surface area contributed by atoms with Gasteiger partial charge in [0, 0.05) is 10.7 Å². The van der Waals surface area contributed by atoms with Crippen LogP contribution in [-0.4, -0.2) is 30.5 Å². The summed E-state index contributed by atoms with van der Waals surface area (Å²) in [4.78, 5) is 29.2. The van der Waals surface area contributed by atoms with Gasteiger partial charge in [0.2, 0.25) is 5.91 Å². The van der Waals surface area contributed by atoms with E-state index in [0.717, 1.165) is 5.56 Å². The second kappa shape index (κ2) is 7.24. The number of hydrogen-bond donors (Lipinski definition) is 1. The number of rotatable bonds is 4.